The van der Waals surface area contributed by atoms with Crippen LogP contribution in [0.25, 0.3) is 11.0 Å². The summed E-state index contributed by atoms with van der Waals surface area (Å²) in [6.07, 6.45) is 3.80. The van der Waals surface area contributed by atoms with E-state index < -0.39 is 0 Å². The van der Waals surface area contributed by atoms with Crippen molar-refractivity contribution in [2.45, 2.75) is 51.4 Å². The van der Waals surface area contributed by atoms with Gasteiger partial charge in [-0.25, -0.2) is 4.98 Å². The number of ether oxygens (including phenoxy) is 1. The van der Waals surface area contributed by atoms with Crippen LogP contribution in [-0.2, 0) is 17.8 Å². The van der Waals surface area contributed by atoms with E-state index in [4.69, 9.17) is 9.72 Å². The number of aromatic nitrogens is 2. The highest BCUT2D eigenvalue weighted by atomic mass is 16.5. The van der Waals surface area contributed by atoms with Gasteiger partial charge in [0.25, 0.3) is 0 Å². The van der Waals surface area contributed by atoms with Crippen molar-refractivity contribution >= 4 is 11.0 Å². The Morgan fingerprint density at radius 2 is 2.15 bits per heavy atom. The molecule has 2 aromatic rings. The predicted molar refractivity (Wildman–Crippen MR) is 80.7 cm³/mol. The first-order valence-corrected chi connectivity index (χ1v) is 7.52. The minimum Gasteiger partial charge on any atom is -0.381 e. The number of aryl methyl sites for hydroxylation is 1. The van der Waals surface area contributed by atoms with Gasteiger partial charge in [-0.1, -0.05) is 19.1 Å². The van der Waals surface area contributed by atoms with Crippen LogP contribution in [0.2, 0.25) is 0 Å². The maximum atomic E-state index is 5.32. The number of benzene rings is 1. The smallest absolute Gasteiger partial charge is 0.123 e. The molecule has 0 unspecified atom stereocenters. The molecule has 0 saturated heterocycles. The quantitative estimate of drug-likeness (QED) is 0.879. The number of hydrogen-bond donors (Lipinski definition) is 1. The fourth-order valence-electron chi connectivity index (χ4n) is 2.89. The van der Waals surface area contributed by atoms with Gasteiger partial charge in [0.15, 0.2) is 0 Å². The maximum absolute atomic E-state index is 5.32. The number of nitrogens with one attached hydrogen (secondary N) is 1. The topological polar surface area (TPSA) is 39.1 Å². The predicted octanol–water partition coefficient (Wildman–Crippen LogP) is 2.71. The van der Waals surface area contributed by atoms with Crippen LogP contribution in [-0.4, -0.2) is 28.8 Å². The van der Waals surface area contributed by atoms with Crippen LogP contribution >= 0.6 is 0 Å². The highest BCUT2D eigenvalue weighted by molar-refractivity contribution is 5.75. The third-order valence-electron chi connectivity index (χ3n) is 4.16. The van der Waals surface area contributed by atoms with E-state index in [9.17, 15) is 0 Å². The van der Waals surface area contributed by atoms with Crippen LogP contribution in [0.1, 0.15) is 32.0 Å². The first kappa shape index (κ1) is 13.6. The molecule has 20 heavy (non-hydrogen) atoms. The molecule has 4 nitrogen and oxygen atoms in total. The van der Waals surface area contributed by atoms with E-state index in [1.165, 1.54) is 5.52 Å². The number of hydrogen-bond acceptors (Lipinski definition) is 3. The zero-order valence-corrected chi connectivity index (χ0v) is 12.3. The van der Waals surface area contributed by atoms with Gasteiger partial charge in [0.1, 0.15) is 5.82 Å². The zero-order chi connectivity index (χ0) is 13.9. The van der Waals surface area contributed by atoms with Crippen LogP contribution in [0, 0.1) is 0 Å². The lowest BCUT2D eigenvalue weighted by molar-refractivity contribution is 0.0167. The second-order valence-electron chi connectivity index (χ2n) is 5.58. The number of rotatable bonds is 6. The Hall–Kier alpha value is -1.39. The first-order valence-electron chi connectivity index (χ1n) is 7.52. The van der Waals surface area contributed by atoms with Crippen molar-refractivity contribution in [2.75, 3.05) is 7.11 Å². The zero-order valence-electron chi connectivity index (χ0n) is 12.3. The number of imidazole rings is 1. The van der Waals surface area contributed by atoms with Crippen molar-refractivity contribution in [1.29, 1.82) is 0 Å². The van der Waals surface area contributed by atoms with Crippen LogP contribution in [0.3, 0.4) is 0 Å². The Kier molecular flexibility index (Phi) is 4.03. The van der Waals surface area contributed by atoms with Gasteiger partial charge in [-0.15, -0.1) is 0 Å². The number of methoxy groups -OCH3 is 1. The molecule has 1 N–H and O–H groups in total. The molecular formula is C16H23N3O. The van der Waals surface area contributed by atoms with Crippen LogP contribution in [0.4, 0.5) is 0 Å². The maximum Gasteiger partial charge on any atom is 0.123 e. The lowest BCUT2D eigenvalue weighted by Gasteiger charge is -2.34. The molecule has 0 atom stereocenters. The molecule has 108 valence electrons. The van der Waals surface area contributed by atoms with Gasteiger partial charge in [0.2, 0.25) is 0 Å². The fraction of sp³-hybridized carbons (Fsp3) is 0.562. The van der Waals surface area contributed by atoms with E-state index in [-0.39, 0.29) is 0 Å². The largest absolute Gasteiger partial charge is 0.381 e. The van der Waals surface area contributed by atoms with E-state index in [1.807, 2.05) is 0 Å². The fourth-order valence-corrected chi connectivity index (χ4v) is 2.89. The molecule has 1 aromatic heterocycles. The van der Waals surface area contributed by atoms with Crippen molar-refractivity contribution in [2.24, 2.45) is 0 Å². The SMILES string of the molecule is CCCn1c(CNC2CC(OC)C2)nc2ccccc21. The average molecular weight is 273 g/mol. The Labute approximate surface area is 120 Å². The van der Waals surface area contributed by atoms with Crippen molar-refractivity contribution in [1.82, 2.24) is 14.9 Å². The molecule has 1 aromatic carbocycles. The van der Waals surface area contributed by atoms with Crippen molar-refractivity contribution < 1.29 is 4.74 Å². The summed E-state index contributed by atoms with van der Waals surface area (Å²) in [4.78, 5) is 4.77. The minimum atomic E-state index is 0.446. The molecule has 1 aliphatic rings. The van der Waals surface area contributed by atoms with Crippen molar-refractivity contribution in [3.8, 4) is 0 Å². The summed E-state index contributed by atoms with van der Waals surface area (Å²) in [5.41, 5.74) is 2.34. The standard InChI is InChI=1S/C16H23N3O/c1-3-8-19-15-7-5-4-6-14(15)18-16(19)11-17-12-9-13(10-12)20-2/h4-7,12-13,17H,3,8-11H2,1-2H3. The van der Waals surface area contributed by atoms with E-state index in [0.717, 1.165) is 43.7 Å². The van der Waals surface area contributed by atoms with Gasteiger partial charge in [0.05, 0.1) is 23.7 Å². The molecule has 0 bridgehead atoms. The molecule has 0 radical (unpaired) electrons. The van der Waals surface area contributed by atoms with Gasteiger partial charge in [-0.05, 0) is 31.4 Å². The van der Waals surface area contributed by atoms with E-state index in [0.29, 0.717) is 12.1 Å². The van der Waals surface area contributed by atoms with Crippen molar-refractivity contribution in [3.05, 3.63) is 30.1 Å². The highest BCUT2D eigenvalue weighted by Gasteiger charge is 2.28. The normalized spacial score (nSPS) is 22.1. The van der Waals surface area contributed by atoms with Crippen LogP contribution in [0.15, 0.2) is 24.3 Å². The highest BCUT2D eigenvalue weighted by Crippen LogP contribution is 2.23. The van der Waals surface area contributed by atoms with Crippen LogP contribution < -0.4 is 5.32 Å². The summed E-state index contributed by atoms with van der Waals surface area (Å²) in [5, 5.41) is 3.60. The lowest BCUT2D eigenvalue weighted by Crippen LogP contribution is -2.44. The molecule has 0 aliphatic heterocycles. The van der Waals surface area contributed by atoms with E-state index in [2.05, 4.69) is 41.1 Å². The Morgan fingerprint density at radius 3 is 2.90 bits per heavy atom. The Balaban J connectivity index is 1.72. The van der Waals surface area contributed by atoms with Gasteiger partial charge >= 0.3 is 0 Å². The first-order chi connectivity index (χ1) is 9.81. The number of nitrogens with zero attached hydrogens (tertiary/aromatic N) is 2. The molecular weight excluding hydrogens is 250 g/mol. The number of para-hydroxylation sites is 2. The third kappa shape index (κ3) is 2.58. The molecule has 1 saturated carbocycles. The summed E-state index contributed by atoms with van der Waals surface area (Å²) >= 11 is 0. The van der Waals surface area contributed by atoms with E-state index in [1.54, 1.807) is 7.11 Å². The van der Waals surface area contributed by atoms with Crippen LogP contribution in [0.5, 0.6) is 0 Å². The third-order valence-corrected chi connectivity index (χ3v) is 4.16. The summed E-state index contributed by atoms with van der Waals surface area (Å²) in [7, 11) is 1.79. The second kappa shape index (κ2) is 5.94. The monoisotopic (exact) mass is 273 g/mol. The van der Waals surface area contributed by atoms with Gasteiger partial charge in [-0.3, -0.25) is 0 Å². The van der Waals surface area contributed by atoms with Gasteiger partial charge < -0.3 is 14.6 Å². The number of fused-ring (bicyclic) bond motifs is 1. The Bertz CT molecular complexity index is 572. The molecule has 0 amide bonds. The summed E-state index contributed by atoms with van der Waals surface area (Å²) in [5.74, 6) is 1.15. The lowest BCUT2D eigenvalue weighted by atomic mass is 9.89. The van der Waals surface area contributed by atoms with Gasteiger partial charge in [0, 0.05) is 19.7 Å². The van der Waals surface area contributed by atoms with E-state index >= 15 is 0 Å². The summed E-state index contributed by atoms with van der Waals surface area (Å²) < 4.78 is 7.66. The van der Waals surface area contributed by atoms with Crippen molar-refractivity contribution in [3.63, 3.8) is 0 Å². The second-order valence-corrected chi connectivity index (χ2v) is 5.58. The molecule has 1 heterocycles. The Morgan fingerprint density at radius 1 is 1.35 bits per heavy atom. The average Bonchev–Trinajstić information content (AvgIpc) is 2.76. The molecule has 1 aliphatic carbocycles. The molecule has 0 spiro atoms. The molecule has 3 rings (SSSR count). The molecule has 4 heteroatoms. The summed E-state index contributed by atoms with van der Waals surface area (Å²) in [6, 6.07) is 8.97. The van der Waals surface area contributed by atoms with Gasteiger partial charge in [-0.2, -0.15) is 0 Å². The summed E-state index contributed by atoms with van der Waals surface area (Å²) in [6.45, 7) is 4.08. The molecule has 1 fully saturated rings. The minimum absolute atomic E-state index is 0.446.